The van der Waals surface area contributed by atoms with Crippen molar-refractivity contribution in [3.8, 4) is 0 Å². The number of hydrogen-bond donors (Lipinski definition) is 8. The van der Waals surface area contributed by atoms with Crippen LogP contribution in [-0.4, -0.2) is 134 Å². The van der Waals surface area contributed by atoms with Gasteiger partial charge in [0, 0.05) is 6.42 Å². The van der Waals surface area contributed by atoms with Crippen LogP contribution in [0.1, 0.15) is 86.5 Å². The number of fused-ring (bicyclic) bond motifs is 7. The first kappa shape index (κ1) is 37.8. The van der Waals surface area contributed by atoms with Gasteiger partial charge < -0.3 is 64.5 Å². The lowest BCUT2D eigenvalue weighted by atomic mass is 9.37. The van der Waals surface area contributed by atoms with Crippen molar-refractivity contribution in [2.75, 3.05) is 13.2 Å². The molecule has 7 rings (SSSR count). The van der Waals surface area contributed by atoms with E-state index in [4.69, 9.17) is 23.7 Å². The SMILES string of the molecule is C[C@@H]1C[C@H](O)O[C@@H]2C[C@]3(C)[C@@H]4[C@@H](CC[C@@]3(C)[C@@H]12)[C@]1(C)CC[C@H](O[C@@H]2OC[C@@H](O)[C@H](O)[C@@H]2O)C(C)(C)[C@H]1C[C@H]4O[C@H]1O[C@@H](CO)[C@H](O)[C@@H](O)[C@@H]1O. The minimum absolute atomic E-state index is 0.00168. The largest absolute Gasteiger partial charge is 0.394 e. The smallest absolute Gasteiger partial charge is 0.186 e. The average molecular weight is 715 g/mol. The minimum atomic E-state index is -1.56. The van der Waals surface area contributed by atoms with E-state index in [1.807, 2.05) is 0 Å². The molecular formula is C37H62O13. The second-order valence-corrected chi connectivity index (χ2v) is 18.5. The Labute approximate surface area is 295 Å². The van der Waals surface area contributed by atoms with Gasteiger partial charge in [0.15, 0.2) is 18.9 Å². The van der Waals surface area contributed by atoms with Crippen LogP contribution in [0.3, 0.4) is 0 Å². The topological polar surface area (TPSA) is 208 Å². The highest BCUT2D eigenvalue weighted by Crippen LogP contribution is 2.76. The molecule has 3 heterocycles. The van der Waals surface area contributed by atoms with Crippen molar-refractivity contribution in [2.45, 2.75) is 166 Å². The van der Waals surface area contributed by atoms with Crippen molar-refractivity contribution in [3.63, 3.8) is 0 Å². The Morgan fingerprint density at radius 3 is 2.12 bits per heavy atom. The quantitative estimate of drug-likeness (QED) is 0.184. The molecule has 8 N–H and O–H groups in total. The van der Waals surface area contributed by atoms with E-state index in [9.17, 15) is 40.9 Å². The molecule has 7 fully saturated rings. The summed E-state index contributed by atoms with van der Waals surface area (Å²) in [6.45, 7) is 13.0. The molecule has 13 nitrogen and oxygen atoms in total. The van der Waals surface area contributed by atoms with Gasteiger partial charge in [-0.3, -0.25) is 0 Å². The zero-order valence-corrected chi connectivity index (χ0v) is 30.4. The highest BCUT2D eigenvalue weighted by atomic mass is 16.7. The lowest BCUT2D eigenvalue weighted by molar-refractivity contribution is -0.342. The normalized spacial score (nSPS) is 59.2. The van der Waals surface area contributed by atoms with Crippen molar-refractivity contribution in [1.29, 1.82) is 0 Å². The molecule has 3 saturated heterocycles. The highest BCUT2D eigenvalue weighted by molar-refractivity contribution is 5.21. The first-order valence-corrected chi connectivity index (χ1v) is 19.0. The van der Waals surface area contributed by atoms with Gasteiger partial charge in [0.1, 0.15) is 42.7 Å². The number of aliphatic hydroxyl groups is 8. The van der Waals surface area contributed by atoms with E-state index >= 15 is 0 Å². The summed E-state index contributed by atoms with van der Waals surface area (Å²) in [7, 11) is 0. The maximum Gasteiger partial charge on any atom is 0.186 e. The molecule has 0 aromatic carbocycles. The third-order valence-electron chi connectivity index (χ3n) is 15.8. The van der Waals surface area contributed by atoms with Crippen LogP contribution in [0.15, 0.2) is 0 Å². The highest BCUT2D eigenvalue weighted by Gasteiger charge is 2.73. The third-order valence-corrected chi connectivity index (χ3v) is 15.8. The van der Waals surface area contributed by atoms with E-state index in [1.54, 1.807) is 0 Å². The van der Waals surface area contributed by atoms with Gasteiger partial charge in [0.25, 0.3) is 0 Å². The molecule has 0 aromatic heterocycles. The van der Waals surface area contributed by atoms with E-state index in [1.165, 1.54) is 0 Å². The first-order chi connectivity index (χ1) is 23.4. The second-order valence-electron chi connectivity index (χ2n) is 18.5. The Morgan fingerprint density at radius 2 is 1.42 bits per heavy atom. The third kappa shape index (κ3) is 5.51. The molecule has 0 aromatic rings. The Morgan fingerprint density at radius 1 is 0.720 bits per heavy atom. The number of hydrogen-bond acceptors (Lipinski definition) is 13. The molecule has 4 saturated carbocycles. The fourth-order valence-electron chi connectivity index (χ4n) is 13.1. The maximum absolute atomic E-state index is 11.2. The first-order valence-electron chi connectivity index (χ1n) is 19.0. The molecule has 0 bridgehead atoms. The van der Waals surface area contributed by atoms with Crippen LogP contribution < -0.4 is 0 Å². The fourth-order valence-corrected chi connectivity index (χ4v) is 13.1. The standard InChI is InChI=1S/C37H62O13/c1-16-11-24(40)47-20-13-37(6)26-17(7-10-36(37,5)25(16)20)35(4)9-8-23(50-32-30(44)27(41)18(39)15-46-32)34(2,3)22(35)12-19(26)48-33-31(45)29(43)28(42)21(14-38)49-33/h16-33,38-45H,7-15H2,1-6H3/t16-,17-,18-,19-,20-,21+,22-,23+,24-,25+,26-,27+,28+,29-,30+,31+,32+,33+,35+,36+,37-/m1/s1. The van der Waals surface area contributed by atoms with Gasteiger partial charge in [-0.15, -0.1) is 0 Å². The lowest BCUT2D eigenvalue weighted by Crippen LogP contribution is -2.67. The average Bonchev–Trinajstić information content (AvgIpc) is 3.29. The van der Waals surface area contributed by atoms with Crippen molar-refractivity contribution < 1.29 is 64.5 Å². The predicted molar refractivity (Wildman–Crippen MR) is 176 cm³/mol. The van der Waals surface area contributed by atoms with Gasteiger partial charge in [-0.1, -0.05) is 41.5 Å². The summed E-state index contributed by atoms with van der Waals surface area (Å²) < 4.78 is 31.3. The minimum Gasteiger partial charge on any atom is -0.394 e. The monoisotopic (exact) mass is 714 g/mol. The Hall–Kier alpha value is -0.520. The Kier molecular flexibility index (Phi) is 9.87. The molecule has 7 aliphatic rings. The summed E-state index contributed by atoms with van der Waals surface area (Å²) in [4.78, 5) is 0. The number of ether oxygens (including phenoxy) is 5. The van der Waals surface area contributed by atoms with Crippen molar-refractivity contribution >= 4 is 0 Å². The van der Waals surface area contributed by atoms with E-state index < -0.39 is 79.7 Å². The lowest BCUT2D eigenvalue weighted by Gasteiger charge is -2.69. The molecule has 21 atom stereocenters. The molecule has 0 radical (unpaired) electrons. The summed E-state index contributed by atoms with van der Waals surface area (Å²) in [6.07, 6.45) is -8.30. The van der Waals surface area contributed by atoms with E-state index in [0.717, 1.165) is 25.7 Å². The van der Waals surface area contributed by atoms with Gasteiger partial charge in [-0.2, -0.15) is 0 Å². The summed E-state index contributed by atoms with van der Waals surface area (Å²) in [5, 5.41) is 84.2. The van der Waals surface area contributed by atoms with Crippen LogP contribution in [0, 0.1) is 51.2 Å². The number of rotatable bonds is 5. The molecule has 0 amide bonds. The molecule has 0 unspecified atom stereocenters. The zero-order chi connectivity index (χ0) is 36.3. The second kappa shape index (κ2) is 13.1. The zero-order valence-electron chi connectivity index (χ0n) is 30.4. The van der Waals surface area contributed by atoms with Gasteiger partial charge in [-0.05, 0) is 89.8 Å². The number of aliphatic hydroxyl groups excluding tert-OH is 8. The van der Waals surface area contributed by atoms with Crippen LogP contribution in [0.5, 0.6) is 0 Å². The Balaban J connectivity index is 1.25. The maximum atomic E-state index is 11.2. The molecule has 3 aliphatic heterocycles. The van der Waals surface area contributed by atoms with E-state index in [2.05, 4.69) is 41.5 Å². The summed E-state index contributed by atoms with van der Waals surface area (Å²) >= 11 is 0. The van der Waals surface area contributed by atoms with Gasteiger partial charge >= 0.3 is 0 Å². The molecular weight excluding hydrogens is 652 g/mol. The van der Waals surface area contributed by atoms with Crippen molar-refractivity contribution in [1.82, 2.24) is 0 Å². The molecule has 4 aliphatic carbocycles. The van der Waals surface area contributed by atoms with Crippen LogP contribution in [0.25, 0.3) is 0 Å². The van der Waals surface area contributed by atoms with Crippen LogP contribution in [0.2, 0.25) is 0 Å². The Bertz CT molecular complexity index is 1240. The predicted octanol–water partition coefficient (Wildman–Crippen LogP) is 0.644. The van der Waals surface area contributed by atoms with E-state index in [0.29, 0.717) is 19.3 Å². The summed E-state index contributed by atoms with van der Waals surface area (Å²) in [6, 6.07) is 0. The summed E-state index contributed by atoms with van der Waals surface area (Å²) in [5.74, 6) is 0.763. The van der Waals surface area contributed by atoms with Crippen molar-refractivity contribution in [2.24, 2.45) is 51.2 Å². The molecule has 13 heteroatoms. The van der Waals surface area contributed by atoms with Crippen LogP contribution in [-0.2, 0) is 23.7 Å². The van der Waals surface area contributed by atoms with Crippen LogP contribution in [0.4, 0.5) is 0 Å². The molecule has 0 spiro atoms. The van der Waals surface area contributed by atoms with Gasteiger partial charge in [0.05, 0.1) is 31.5 Å². The molecule has 288 valence electrons. The van der Waals surface area contributed by atoms with Gasteiger partial charge in [-0.25, -0.2) is 0 Å². The van der Waals surface area contributed by atoms with Crippen LogP contribution >= 0.6 is 0 Å². The summed E-state index contributed by atoms with van der Waals surface area (Å²) in [5.41, 5.74) is -1.000. The van der Waals surface area contributed by atoms with Crippen molar-refractivity contribution in [3.05, 3.63) is 0 Å². The fraction of sp³-hybridized carbons (Fsp3) is 1.00. The van der Waals surface area contributed by atoms with E-state index in [-0.39, 0.29) is 64.6 Å². The van der Waals surface area contributed by atoms with Gasteiger partial charge in [0.2, 0.25) is 0 Å². The molecule has 50 heavy (non-hydrogen) atoms.